The van der Waals surface area contributed by atoms with Crippen molar-refractivity contribution in [3.63, 3.8) is 0 Å². The number of nitrogens with zero attached hydrogens (tertiary/aromatic N) is 3. The molecule has 2 aromatic heterocycles. The van der Waals surface area contributed by atoms with E-state index in [2.05, 4.69) is 20.3 Å². The maximum atomic E-state index is 11.2. The monoisotopic (exact) mass is 434 g/mol. The molecule has 3 aromatic rings. The maximum absolute atomic E-state index is 11.2. The van der Waals surface area contributed by atoms with Crippen molar-refractivity contribution < 1.29 is 19.0 Å². The van der Waals surface area contributed by atoms with Crippen molar-refractivity contribution in [2.24, 2.45) is 0 Å². The zero-order chi connectivity index (χ0) is 20.4. The van der Waals surface area contributed by atoms with Crippen molar-refractivity contribution in [3.05, 3.63) is 29.5 Å². The van der Waals surface area contributed by atoms with Crippen LogP contribution in [0.2, 0.25) is 5.02 Å². The highest BCUT2D eigenvalue weighted by Crippen LogP contribution is 2.40. The number of amides is 1. The SMILES string of the molecule is CCOc1nc2ccc(Oc3cnc(OCC4(NC(C)=O)CC4)cn3)c(Cl)c2s1. The Labute approximate surface area is 176 Å². The molecule has 0 atom stereocenters. The molecule has 2 heterocycles. The number of rotatable bonds is 8. The third-order valence-corrected chi connectivity index (χ3v) is 5.81. The van der Waals surface area contributed by atoms with Gasteiger partial charge < -0.3 is 19.5 Å². The van der Waals surface area contributed by atoms with Crippen LogP contribution in [-0.2, 0) is 4.79 Å². The van der Waals surface area contributed by atoms with E-state index < -0.39 is 0 Å². The van der Waals surface area contributed by atoms with Crippen LogP contribution >= 0.6 is 22.9 Å². The first-order valence-corrected chi connectivity index (χ1v) is 10.3. The lowest BCUT2D eigenvalue weighted by molar-refractivity contribution is -0.120. The summed E-state index contributed by atoms with van der Waals surface area (Å²) >= 11 is 7.83. The molecule has 1 N–H and O–H groups in total. The number of nitrogens with one attached hydrogen (secondary N) is 1. The number of benzene rings is 1. The maximum Gasteiger partial charge on any atom is 0.274 e. The molecule has 0 bridgehead atoms. The Morgan fingerprint density at radius 2 is 2.00 bits per heavy atom. The predicted octanol–water partition coefficient (Wildman–Crippen LogP) is 3.98. The summed E-state index contributed by atoms with van der Waals surface area (Å²) in [6.45, 7) is 4.30. The minimum absolute atomic E-state index is 0.0657. The van der Waals surface area contributed by atoms with Crippen LogP contribution in [0, 0.1) is 0 Å². The number of carbonyl (C=O) groups is 1. The van der Waals surface area contributed by atoms with Crippen molar-refractivity contribution in [2.45, 2.75) is 32.2 Å². The summed E-state index contributed by atoms with van der Waals surface area (Å²) in [5, 5.41) is 3.92. The van der Waals surface area contributed by atoms with Crippen LogP contribution in [0.5, 0.6) is 22.7 Å². The van der Waals surface area contributed by atoms with Crippen molar-refractivity contribution in [2.75, 3.05) is 13.2 Å². The highest BCUT2D eigenvalue weighted by molar-refractivity contribution is 7.20. The van der Waals surface area contributed by atoms with E-state index in [1.165, 1.54) is 30.7 Å². The van der Waals surface area contributed by atoms with Crippen LogP contribution in [0.3, 0.4) is 0 Å². The molecule has 8 nitrogen and oxygen atoms in total. The molecule has 29 heavy (non-hydrogen) atoms. The van der Waals surface area contributed by atoms with E-state index in [-0.39, 0.29) is 17.3 Å². The molecule has 0 aliphatic heterocycles. The standard InChI is InChI=1S/C19H19ClN4O4S/c1-3-26-18-23-12-4-5-13(16(20)17(12)29-18)28-15-9-21-14(8-22-15)27-10-19(6-7-19)24-11(2)25/h4-5,8-9H,3,6-7,10H2,1-2H3,(H,24,25). The van der Waals surface area contributed by atoms with Gasteiger partial charge in [-0.3, -0.25) is 4.79 Å². The Balaban J connectivity index is 1.42. The zero-order valence-electron chi connectivity index (χ0n) is 15.9. The molecule has 0 saturated heterocycles. The molecule has 1 saturated carbocycles. The van der Waals surface area contributed by atoms with Gasteiger partial charge in [0.2, 0.25) is 17.7 Å². The molecular formula is C19H19ClN4O4S. The molecular weight excluding hydrogens is 416 g/mol. The minimum Gasteiger partial charge on any atom is -0.474 e. The van der Waals surface area contributed by atoms with Crippen LogP contribution < -0.4 is 19.5 Å². The number of hydrogen-bond acceptors (Lipinski definition) is 8. The summed E-state index contributed by atoms with van der Waals surface area (Å²) in [5.74, 6) is 1.04. The second-order valence-corrected chi connectivity index (χ2v) is 8.02. The Morgan fingerprint density at radius 3 is 2.66 bits per heavy atom. The number of fused-ring (bicyclic) bond motifs is 1. The van der Waals surface area contributed by atoms with Crippen molar-refractivity contribution in [1.82, 2.24) is 20.3 Å². The van der Waals surface area contributed by atoms with Gasteiger partial charge in [-0.15, -0.1) is 0 Å². The smallest absolute Gasteiger partial charge is 0.274 e. The summed E-state index contributed by atoms with van der Waals surface area (Å²) in [7, 11) is 0. The second-order valence-electron chi connectivity index (χ2n) is 6.68. The Bertz CT molecular complexity index is 1040. The number of thiazole rings is 1. The fraction of sp³-hybridized carbons (Fsp3) is 0.368. The fourth-order valence-corrected chi connectivity index (χ4v) is 3.99. The van der Waals surface area contributed by atoms with E-state index >= 15 is 0 Å². The molecule has 1 aliphatic carbocycles. The molecule has 0 radical (unpaired) electrons. The lowest BCUT2D eigenvalue weighted by Gasteiger charge is -2.16. The average Bonchev–Trinajstić information content (AvgIpc) is 3.32. The minimum atomic E-state index is -0.277. The normalized spacial score (nSPS) is 14.4. The molecule has 1 aliphatic rings. The lowest BCUT2D eigenvalue weighted by atomic mass is 10.3. The Kier molecular flexibility index (Phi) is 5.42. The lowest BCUT2D eigenvalue weighted by Crippen LogP contribution is -2.40. The summed E-state index contributed by atoms with van der Waals surface area (Å²) < 4.78 is 17.7. The van der Waals surface area contributed by atoms with Gasteiger partial charge in [-0.2, -0.15) is 0 Å². The molecule has 0 unspecified atom stereocenters. The molecule has 1 fully saturated rings. The van der Waals surface area contributed by atoms with Crippen molar-refractivity contribution in [3.8, 4) is 22.7 Å². The molecule has 1 aromatic carbocycles. The Hall–Kier alpha value is -2.65. The van der Waals surface area contributed by atoms with Gasteiger partial charge in [0.05, 0.1) is 34.8 Å². The van der Waals surface area contributed by atoms with Gasteiger partial charge in [0.15, 0.2) is 0 Å². The molecule has 4 rings (SSSR count). The van der Waals surface area contributed by atoms with Gasteiger partial charge in [0.1, 0.15) is 17.4 Å². The van der Waals surface area contributed by atoms with Gasteiger partial charge in [0, 0.05) is 6.92 Å². The fourth-order valence-electron chi connectivity index (χ4n) is 2.77. The summed E-state index contributed by atoms with van der Waals surface area (Å²) in [4.78, 5) is 24.0. The summed E-state index contributed by atoms with van der Waals surface area (Å²) in [6, 6.07) is 3.55. The van der Waals surface area contributed by atoms with E-state index in [9.17, 15) is 4.79 Å². The molecule has 0 spiro atoms. The highest BCUT2D eigenvalue weighted by Gasteiger charge is 2.44. The highest BCUT2D eigenvalue weighted by atomic mass is 35.5. The number of hydrogen-bond donors (Lipinski definition) is 1. The van der Waals surface area contributed by atoms with Crippen LogP contribution in [0.1, 0.15) is 26.7 Å². The molecule has 152 valence electrons. The van der Waals surface area contributed by atoms with Crippen LogP contribution in [0.25, 0.3) is 10.2 Å². The number of halogens is 1. The molecule has 10 heteroatoms. The number of carbonyl (C=O) groups excluding carboxylic acids is 1. The van der Waals surface area contributed by atoms with E-state index in [1.807, 2.05) is 13.0 Å². The van der Waals surface area contributed by atoms with E-state index in [0.717, 1.165) is 23.1 Å². The largest absolute Gasteiger partial charge is 0.474 e. The predicted molar refractivity (Wildman–Crippen MR) is 109 cm³/mol. The first-order valence-electron chi connectivity index (χ1n) is 9.11. The van der Waals surface area contributed by atoms with Gasteiger partial charge in [-0.05, 0) is 31.9 Å². The third kappa shape index (κ3) is 4.51. The number of ether oxygens (including phenoxy) is 3. The van der Waals surface area contributed by atoms with Crippen molar-refractivity contribution >= 4 is 39.1 Å². The van der Waals surface area contributed by atoms with E-state index in [1.54, 1.807) is 6.07 Å². The number of aromatic nitrogens is 3. The average molecular weight is 435 g/mol. The second kappa shape index (κ2) is 8.00. The first kappa shape index (κ1) is 19.7. The molecule has 1 amide bonds. The zero-order valence-corrected chi connectivity index (χ0v) is 17.5. The van der Waals surface area contributed by atoms with Crippen LogP contribution in [0.15, 0.2) is 24.5 Å². The summed E-state index contributed by atoms with van der Waals surface area (Å²) in [5.41, 5.74) is 0.472. The van der Waals surface area contributed by atoms with Gasteiger partial charge in [-0.1, -0.05) is 22.9 Å². The quantitative estimate of drug-likeness (QED) is 0.572. The van der Waals surface area contributed by atoms with Gasteiger partial charge in [-0.25, -0.2) is 15.0 Å². The topological polar surface area (TPSA) is 95.5 Å². The van der Waals surface area contributed by atoms with Crippen LogP contribution in [0.4, 0.5) is 0 Å². The van der Waals surface area contributed by atoms with Gasteiger partial charge >= 0.3 is 0 Å². The van der Waals surface area contributed by atoms with Gasteiger partial charge in [0.25, 0.3) is 5.19 Å². The third-order valence-electron chi connectivity index (χ3n) is 4.32. The van der Waals surface area contributed by atoms with Crippen LogP contribution in [-0.4, -0.2) is 39.6 Å². The van der Waals surface area contributed by atoms with Crippen molar-refractivity contribution in [1.29, 1.82) is 0 Å². The van der Waals surface area contributed by atoms with E-state index in [0.29, 0.717) is 35.1 Å². The first-order chi connectivity index (χ1) is 14.0. The summed E-state index contributed by atoms with van der Waals surface area (Å²) in [6.07, 6.45) is 4.73. The van der Waals surface area contributed by atoms with E-state index in [4.69, 9.17) is 25.8 Å². The Morgan fingerprint density at radius 1 is 1.24 bits per heavy atom.